The van der Waals surface area contributed by atoms with Crippen molar-refractivity contribution in [2.45, 2.75) is 6.92 Å². The summed E-state index contributed by atoms with van der Waals surface area (Å²) in [7, 11) is 0. The molecule has 0 unspecified atom stereocenters. The minimum Gasteiger partial charge on any atom is -0.462 e. The number of rotatable bonds is 4. The van der Waals surface area contributed by atoms with Gasteiger partial charge in [-0.05, 0) is 13.0 Å². The van der Waals surface area contributed by atoms with Crippen molar-refractivity contribution >= 4 is 22.6 Å². The topological polar surface area (TPSA) is 48.3 Å². The molecule has 1 heterocycles. The summed E-state index contributed by atoms with van der Waals surface area (Å²) >= 11 is 0. The molecular weight excluding hydrogens is 299 g/mol. The zero-order chi connectivity index (χ0) is 16.4. The van der Waals surface area contributed by atoms with Gasteiger partial charge < -0.3 is 9.30 Å². The monoisotopic (exact) mass is 311 g/mol. The molecule has 7 heteroatoms. The largest absolute Gasteiger partial charge is 0.462 e. The first kappa shape index (κ1) is 15.8. The zero-order valence-corrected chi connectivity index (χ0v) is 11.7. The molecule has 0 saturated carbocycles. The highest BCUT2D eigenvalue weighted by molar-refractivity contribution is 5.94. The van der Waals surface area contributed by atoms with E-state index in [1.807, 2.05) is 0 Å². The smallest absolute Gasteiger partial charge is 0.343 e. The third-order valence-electron chi connectivity index (χ3n) is 3.04. The number of nitrogens with zero attached hydrogens (tertiary/aromatic N) is 1. The molecule has 1 aromatic heterocycles. The molecule has 0 aliphatic carbocycles. The van der Waals surface area contributed by atoms with Crippen molar-refractivity contribution in [2.24, 2.45) is 0 Å². The highest BCUT2D eigenvalue weighted by Crippen LogP contribution is 2.20. The second kappa shape index (κ2) is 6.05. The molecule has 0 aliphatic rings. The molecule has 4 nitrogen and oxygen atoms in total. The van der Waals surface area contributed by atoms with Crippen molar-refractivity contribution in [3.05, 3.63) is 52.3 Å². The van der Waals surface area contributed by atoms with Crippen LogP contribution in [-0.2, 0) is 4.74 Å². The van der Waals surface area contributed by atoms with E-state index in [2.05, 4.69) is 6.58 Å². The number of ether oxygens (including phenoxy) is 1. The molecule has 0 radical (unpaired) electrons. The maximum absolute atomic E-state index is 13.4. The van der Waals surface area contributed by atoms with Gasteiger partial charge in [0.2, 0.25) is 5.43 Å². The van der Waals surface area contributed by atoms with Crippen molar-refractivity contribution in [1.29, 1.82) is 0 Å². The van der Waals surface area contributed by atoms with E-state index in [0.717, 1.165) is 16.8 Å². The summed E-state index contributed by atoms with van der Waals surface area (Å²) in [5.41, 5.74) is -1.45. The van der Waals surface area contributed by atoms with Gasteiger partial charge in [-0.15, -0.1) is 0 Å². The van der Waals surface area contributed by atoms with Crippen LogP contribution in [0.25, 0.3) is 16.6 Å². The van der Waals surface area contributed by atoms with Crippen LogP contribution in [0.5, 0.6) is 0 Å². The Morgan fingerprint density at radius 3 is 2.55 bits per heavy atom. The van der Waals surface area contributed by atoms with Crippen LogP contribution in [-0.4, -0.2) is 23.8 Å². The summed E-state index contributed by atoms with van der Waals surface area (Å²) in [6, 6.07) is 1.42. The molecule has 1 aromatic carbocycles. The Kier molecular flexibility index (Phi) is 4.35. The molecule has 2 rings (SSSR count). The number of benzene rings is 1. The molecule has 116 valence electrons. The van der Waals surface area contributed by atoms with Gasteiger partial charge in [0.25, 0.3) is 0 Å². The number of hydrogen-bond acceptors (Lipinski definition) is 3. The van der Waals surface area contributed by atoms with Crippen LogP contribution in [0.15, 0.2) is 29.7 Å². The predicted molar refractivity (Wildman–Crippen MR) is 75.4 cm³/mol. The fourth-order valence-electron chi connectivity index (χ4n) is 2.00. The first-order valence-electron chi connectivity index (χ1n) is 6.36. The Balaban J connectivity index is 2.88. The minimum atomic E-state index is -1.25. The molecule has 0 N–H and O–H groups in total. The second-order valence-corrected chi connectivity index (χ2v) is 4.45. The number of allylic oxidation sites excluding steroid dienone is 1. The predicted octanol–water partition coefficient (Wildman–Crippen LogP) is 2.90. The van der Waals surface area contributed by atoms with Crippen LogP contribution in [0.3, 0.4) is 0 Å². The number of pyridine rings is 1. The number of hydrogen-bond donors (Lipinski definition) is 0. The minimum absolute atomic E-state index is 0.0259. The fraction of sp³-hybridized carbons (Fsp3) is 0.200. The molecule has 0 aliphatic heterocycles. The molecule has 0 atom stereocenters. The van der Waals surface area contributed by atoms with Gasteiger partial charge in [-0.25, -0.2) is 18.0 Å². The maximum atomic E-state index is 13.4. The van der Waals surface area contributed by atoms with E-state index < -0.39 is 35.3 Å². The first-order valence-corrected chi connectivity index (χ1v) is 6.36. The Labute approximate surface area is 123 Å². The molecule has 22 heavy (non-hydrogen) atoms. The van der Waals surface area contributed by atoms with E-state index in [4.69, 9.17) is 4.74 Å². The van der Waals surface area contributed by atoms with Gasteiger partial charge in [0.1, 0.15) is 12.2 Å². The van der Waals surface area contributed by atoms with E-state index in [1.165, 1.54) is 0 Å². The van der Waals surface area contributed by atoms with E-state index in [-0.39, 0.29) is 23.2 Å². The Morgan fingerprint density at radius 1 is 1.32 bits per heavy atom. The van der Waals surface area contributed by atoms with E-state index >= 15 is 0 Å². The summed E-state index contributed by atoms with van der Waals surface area (Å²) in [5.74, 6) is -3.38. The number of esters is 1. The van der Waals surface area contributed by atoms with Crippen molar-refractivity contribution < 1.29 is 22.7 Å². The molecule has 0 amide bonds. The molecule has 2 aromatic rings. The number of fused-ring (bicyclic) bond motifs is 1. The normalized spacial score (nSPS) is 10.7. The van der Waals surface area contributed by atoms with Gasteiger partial charge in [0, 0.05) is 18.0 Å². The van der Waals surface area contributed by atoms with Crippen LogP contribution in [0.1, 0.15) is 17.3 Å². The number of alkyl halides is 1. The number of carbonyl (C=O) groups excluding carboxylic acids is 1. The van der Waals surface area contributed by atoms with E-state index in [0.29, 0.717) is 6.07 Å². The van der Waals surface area contributed by atoms with E-state index in [9.17, 15) is 22.8 Å². The third kappa shape index (κ3) is 2.61. The molecular formula is C15H12F3NO3. The van der Waals surface area contributed by atoms with Crippen molar-refractivity contribution in [3.63, 3.8) is 0 Å². The van der Waals surface area contributed by atoms with Gasteiger partial charge in [-0.2, -0.15) is 0 Å². The maximum Gasteiger partial charge on any atom is 0.343 e. The van der Waals surface area contributed by atoms with Gasteiger partial charge in [-0.3, -0.25) is 4.79 Å². The Hall–Kier alpha value is -2.57. The quantitative estimate of drug-likeness (QED) is 0.816. The SMILES string of the molecule is C=C(CF)n1cc(C(=O)OCC)c(=O)c2cc(F)c(F)cc21. The third-order valence-corrected chi connectivity index (χ3v) is 3.04. The van der Waals surface area contributed by atoms with Gasteiger partial charge in [0.05, 0.1) is 17.5 Å². The Morgan fingerprint density at radius 2 is 1.95 bits per heavy atom. The summed E-state index contributed by atoms with van der Waals surface area (Å²) in [6.07, 6.45) is 1.02. The second-order valence-electron chi connectivity index (χ2n) is 4.45. The number of aromatic nitrogens is 1. The Bertz CT molecular complexity index is 827. The molecule has 0 spiro atoms. The van der Waals surface area contributed by atoms with Gasteiger partial charge in [-0.1, -0.05) is 6.58 Å². The number of halogens is 3. The highest BCUT2D eigenvalue weighted by atomic mass is 19.2. The van der Waals surface area contributed by atoms with Crippen LogP contribution in [0.4, 0.5) is 13.2 Å². The first-order chi connectivity index (χ1) is 10.4. The van der Waals surface area contributed by atoms with Crippen molar-refractivity contribution in [1.82, 2.24) is 4.57 Å². The number of carbonyl (C=O) groups is 1. The molecule has 0 saturated heterocycles. The average molecular weight is 311 g/mol. The lowest BCUT2D eigenvalue weighted by Gasteiger charge is -2.13. The van der Waals surface area contributed by atoms with Crippen molar-refractivity contribution in [3.8, 4) is 0 Å². The van der Waals surface area contributed by atoms with Gasteiger partial charge in [0.15, 0.2) is 11.6 Å². The molecule has 0 bridgehead atoms. The van der Waals surface area contributed by atoms with Crippen LogP contribution < -0.4 is 5.43 Å². The summed E-state index contributed by atoms with van der Waals surface area (Å²) in [4.78, 5) is 24.0. The standard InChI is InChI=1S/C15H12F3NO3/c1-3-22-15(21)10-7-19(8(2)6-16)13-5-12(18)11(17)4-9(13)14(10)20/h4-5,7H,2-3,6H2,1H3. The van der Waals surface area contributed by atoms with Gasteiger partial charge >= 0.3 is 5.97 Å². The summed E-state index contributed by atoms with van der Waals surface area (Å²) in [5, 5.41) is -0.265. The van der Waals surface area contributed by atoms with E-state index in [1.54, 1.807) is 6.92 Å². The van der Waals surface area contributed by atoms with Crippen LogP contribution in [0, 0.1) is 11.6 Å². The molecule has 0 fully saturated rings. The zero-order valence-electron chi connectivity index (χ0n) is 11.7. The lowest BCUT2D eigenvalue weighted by molar-refractivity contribution is 0.0524. The lowest BCUT2D eigenvalue weighted by atomic mass is 10.1. The average Bonchev–Trinajstić information content (AvgIpc) is 2.49. The van der Waals surface area contributed by atoms with Crippen LogP contribution in [0.2, 0.25) is 0 Å². The fourth-order valence-corrected chi connectivity index (χ4v) is 2.00. The summed E-state index contributed by atoms with van der Waals surface area (Å²) < 4.78 is 45.4. The lowest BCUT2D eigenvalue weighted by Crippen LogP contribution is -2.21. The van der Waals surface area contributed by atoms with Crippen molar-refractivity contribution in [2.75, 3.05) is 13.3 Å². The summed E-state index contributed by atoms with van der Waals surface area (Å²) in [6.45, 7) is 4.01. The van der Waals surface area contributed by atoms with Crippen LogP contribution >= 0.6 is 0 Å². The highest BCUT2D eigenvalue weighted by Gasteiger charge is 2.19.